The van der Waals surface area contributed by atoms with E-state index in [0.29, 0.717) is 17.0 Å². The number of likely N-dealkylation sites (tertiary alicyclic amines) is 1. The molecule has 2 atom stereocenters. The van der Waals surface area contributed by atoms with Gasteiger partial charge in [-0.05, 0) is 55.2 Å². The molecule has 1 aliphatic carbocycles. The Morgan fingerprint density at radius 2 is 2.03 bits per heavy atom. The first kappa shape index (κ1) is 21.6. The molecule has 1 saturated heterocycles. The lowest BCUT2D eigenvalue weighted by Gasteiger charge is -2.16. The molecule has 0 bridgehead atoms. The van der Waals surface area contributed by atoms with Gasteiger partial charge >= 0.3 is 6.09 Å². The van der Waals surface area contributed by atoms with Gasteiger partial charge in [0.05, 0.1) is 22.8 Å². The average molecular weight is 474 g/mol. The second kappa shape index (κ2) is 8.09. The van der Waals surface area contributed by atoms with E-state index in [-0.39, 0.29) is 19.0 Å². The van der Waals surface area contributed by atoms with Crippen molar-refractivity contribution in [2.24, 2.45) is 18.7 Å². The Morgan fingerprint density at radius 1 is 1.20 bits per heavy atom. The van der Waals surface area contributed by atoms with Gasteiger partial charge in [0.2, 0.25) is 0 Å². The van der Waals surface area contributed by atoms with E-state index in [1.54, 1.807) is 12.1 Å². The zero-order valence-corrected chi connectivity index (χ0v) is 19.4. The molecular formula is C25H27N7O3. The summed E-state index contributed by atoms with van der Waals surface area (Å²) in [5.41, 5.74) is 10.1. The lowest BCUT2D eigenvalue weighted by atomic mass is 10.1. The van der Waals surface area contributed by atoms with Crippen molar-refractivity contribution in [1.82, 2.24) is 29.3 Å². The normalized spacial score (nSPS) is 20.1. The van der Waals surface area contributed by atoms with Crippen LogP contribution in [0.1, 0.15) is 23.2 Å². The summed E-state index contributed by atoms with van der Waals surface area (Å²) in [6.45, 7) is 1.30. The number of fused-ring (bicyclic) bond motifs is 2. The number of carboxylic acid groups (broad SMARTS) is 1. The smallest absolute Gasteiger partial charge is 0.407 e. The van der Waals surface area contributed by atoms with Crippen LogP contribution in [0.2, 0.25) is 0 Å². The Morgan fingerprint density at radius 3 is 2.77 bits per heavy atom. The standard InChI is InChI=1S/C25H27N7O3/c1-30-20-7-6-16(24(33)29-19-13-31(25(34)35)12-17(19)26)9-18(20)28-23(30)21-10-15-3-2-8-27-22(15)32(21)11-14-4-5-14/h2-3,6-10,14,17,19H,4-5,11-13,26H2,1H3,(H,29,33)(H,34,35)/t17-,19-/m1/s1. The van der Waals surface area contributed by atoms with E-state index < -0.39 is 18.2 Å². The molecule has 1 saturated carbocycles. The van der Waals surface area contributed by atoms with Gasteiger partial charge in [-0.3, -0.25) is 4.79 Å². The third kappa shape index (κ3) is 3.79. The highest BCUT2D eigenvalue weighted by Gasteiger charge is 2.34. The number of hydrogen-bond donors (Lipinski definition) is 3. The third-order valence-electron chi connectivity index (χ3n) is 7.12. The van der Waals surface area contributed by atoms with E-state index in [0.717, 1.165) is 34.6 Å². The summed E-state index contributed by atoms with van der Waals surface area (Å²) >= 11 is 0. The summed E-state index contributed by atoms with van der Waals surface area (Å²) < 4.78 is 4.31. The van der Waals surface area contributed by atoms with Crippen LogP contribution in [0.25, 0.3) is 33.6 Å². The van der Waals surface area contributed by atoms with Gasteiger partial charge in [-0.1, -0.05) is 0 Å². The number of benzene rings is 1. The molecule has 4 aromatic rings. The summed E-state index contributed by atoms with van der Waals surface area (Å²) in [4.78, 5) is 34.9. The van der Waals surface area contributed by atoms with Crippen molar-refractivity contribution in [2.45, 2.75) is 31.5 Å². The van der Waals surface area contributed by atoms with Crippen molar-refractivity contribution < 1.29 is 14.7 Å². The lowest BCUT2D eigenvalue weighted by Crippen LogP contribution is -2.46. The maximum absolute atomic E-state index is 12.9. The van der Waals surface area contributed by atoms with Gasteiger partial charge in [-0.15, -0.1) is 0 Å². The Balaban J connectivity index is 1.33. The molecule has 1 aliphatic heterocycles. The fourth-order valence-electron chi connectivity index (χ4n) is 4.98. The number of carbonyl (C=O) groups is 2. The van der Waals surface area contributed by atoms with Gasteiger partial charge in [-0.25, -0.2) is 14.8 Å². The van der Waals surface area contributed by atoms with Crippen molar-refractivity contribution in [3.8, 4) is 11.5 Å². The minimum atomic E-state index is -1.03. The number of carbonyl (C=O) groups excluding carboxylic acids is 1. The van der Waals surface area contributed by atoms with E-state index >= 15 is 0 Å². The molecule has 0 unspecified atom stereocenters. The van der Waals surface area contributed by atoms with Gasteiger partial charge in [-0.2, -0.15) is 0 Å². The number of nitrogens with one attached hydrogen (secondary N) is 1. The summed E-state index contributed by atoms with van der Waals surface area (Å²) in [6.07, 6.45) is 3.26. The Kier molecular flexibility index (Phi) is 4.99. The molecule has 2 aliphatic rings. The van der Waals surface area contributed by atoms with Crippen LogP contribution in [0.3, 0.4) is 0 Å². The number of imidazole rings is 1. The van der Waals surface area contributed by atoms with Crippen molar-refractivity contribution in [1.29, 1.82) is 0 Å². The molecule has 3 aromatic heterocycles. The highest BCUT2D eigenvalue weighted by molar-refractivity contribution is 5.98. The Hall–Kier alpha value is -3.92. The van der Waals surface area contributed by atoms with Crippen LogP contribution in [0, 0.1) is 5.92 Å². The largest absolute Gasteiger partial charge is 0.465 e. The zero-order valence-electron chi connectivity index (χ0n) is 19.4. The molecule has 10 heteroatoms. The number of nitrogens with two attached hydrogens (primary N) is 1. The predicted molar refractivity (Wildman–Crippen MR) is 131 cm³/mol. The molecule has 0 radical (unpaired) electrons. The van der Waals surface area contributed by atoms with E-state index in [1.807, 2.05) is 29.9 Å². The zero-order chi connectivity index (χ0) is 24.3. The molecule has 10 nitrogen and oxygen atoms in total. The molecule has 4 N–H and O–H groups in total. The van der Waals surface area contributed by atoms with E-state index in [4.69, 9.17) is 10.7 Å². The maximum atomic E-state index is 12.9. The summed E-state index contributed by atoms with van der Waals surface area (Å²) in [6, 6.07) is 10.7. The number of aryl methyl sites for hydroxylation is 1. The van der Waals surface area contributed by atoms with Crippen molar-refractivity contribution in [2.75, 3.05) is 13.1 Å². The number of nitrogens with zero attached hydrogens (tertiary/aromatic N) is 5. The van der Waals surface area contributed by atoms with Gasteiger partial charge in [0.1, 0.15) is 5.65 Å². The van der Waals surface area contributed by atoms with Crippen molar-refractivity contribution >= 4 is 34.1 Å². The Bertz CT molecular complexity index is 1470. The number of hydrogen-bond acceptors (Lipinski definition) is 5. The number of aromatic nitrogens is 4. The fourth-order valence-corrected chi connectivity index (χ4v) is 4.98. The average Bonchev–Trinajstić information content (AvgIpc) is 3.37. The minimum absolute atomic E-state index is 0.178. The SMILES string of the molecule is Cn1c(-c2cc3cccnc3n2CC2CC2)nc2cc(C(=O)N[C@@H]3CN(C(=O)O)C[C@H]3N)ccc21. The van der Waals surface area contributed by atoms with E-state index in [1.165, 1.54) is 17.7 Å². The van der Waals surface area contributed by atoms with Crippen LogP contribution in [0.5, 0.6) is 0 Å². The van der Waals surface area contributed by atoms with Gasteiger partial charge in [0.15, 0.2) is 5.82 Å². The summed E-state index contributed by atoms with van der Waals surface area (Å²) in [5.74, 6) is 1.21. The molecule has 4 heterocycles. The second-order valence-electron chi connectivity index (χ2n) is 9.63. The number of pyridine rings is 1. The first-order valence-corrected chi connectivity index (χ1v) is 11.8. The lowest BCUT2D eigenvalue weighted by molar-refractivity contribution is 0.0933. The van der Waals surface area contributed by atoms with Gasteiger partial charge < -0.3 is 30.2 Å². The van der Waals surface area contributed by atoms with Crippen molar-refractivity contribution in [3.05, 3.63) is 48.2 Å². The monoisotopic (exact) mass is 473 g/mol. The predicted octanol–water partition coefficient (Wildman–Crippen LogP) is 2.42. The van der Waals surface area contributed by atoms with Crippen LogP contribution < -0.4 is 11.1 Å². The number of rotatable bonds is 5. The highest BCUT2D eigenvalue weighted by atomic mass is 16.4. The molecular weight excluding hydrogens is 446 g/mol. The summed E-state index contributed by atoms with van der Waals surface area (Å²) in [5, 5.41) is 13.2. The molecule has 35 heavy (non-hydrogen) atoms. The fraction of sp³-hybridized carbons (Fsp3) is 0.360. The number of amides is 2. The quantitative estimate of drug-likeness (QED) is 0.408. The first-order chi connectivity index (χ1) is 16.9. The minimum Gasteiger partial charge on any atom is -0.465 e. The van der Waals surface area contributed by atoms with E-state index in [9.17, 15) is 14.7 Å². The molecule has 180 valence electrons. The molecule has 2 fully saturated rings. The van der Waals surface area contributed by atoms with Crippen LogP contribution in [-0.4, -0.2) is 66.3 Å². The Labute approximate surface area is 201 Å². The van der Waals surface area contributed by atoms with Gasteiger partial charge in [0.25, 0.3) is 5.91 Å². The third-order valence-corrected chi connectivity index (χ3v) is 7.12. The first-order valence-electron chi connectivity index (χ1n) is 11.8. The maximum Gasteiger partial charge on any atom is 0.407 e. The molecule has 6 rings (SSSR count). The summed E-state index contributed by atoms with van der Waals surface area (Å²) in [7, 11) is 1.98. The highest BCUT2D eigenvalue weighted by Crippen LogP contribution is 2.35. The van der Waals surface area contributed by atoms with Crippen LogP contribution in [0.4, 0.5) is 4.79 Å². The van der Waals surface area contributed by atoms with E-state index in [2.05, 4.69) is 27.0 Å². The van der Waals surface area contributed by atoms with Gasteiger partial charge in [0, 0.05) is 49.9 Å². The molecule has 2 amide bonds. The molecule has 0 spiro atoms. The van der Waals surface area contributed by atoms with Crippen LogP contribution in [0.15, 0.2) is 42.6 Å². The topological polar surface area (TPSA) is 131 Å². The van der Waals surface area contributed by atoms with Crippen LogP contribution >= 0.6 is 0 Å². The second-order valence-corrected chi connectivity index (χ2v) is 9.63. The molecule has 1 aromatic carbocycles. The van der Waals surface area contributed by atoms with Crippen LogP contribution in [-0.2, 0) is 13.6 Å². The van der Waals surface area contributed by atoms with Crippen molar-refractivity contribution in [3.63, 3.8) is 0 Å².